The maximum Gasteiger partial charge on any atom is 0.0605 e. The molecule has 0 atom stereocenters. The van der Waals surface area contributed by atoms with Gasteiger partial charge in [-0.15, -0.1) is 11.3 Å². The lowest BCUT2D eigenvalue weighted by molar-refractivity contribution is 1.08. The van der Waals surface area contributed by atoms with Crippen LogP contribution in [0, 0.1) is 0 Å². The summed E-state index contributed by atoms with van der Waals surface area (Å²) in [5.41, 5.74) is 8.12. The highest BCUT2D eigenvalue weighted by Gasteiger charge is 2.24. The van der Waals surface area contributed by atoms with Gasteiger partial charge in [0.05, 0.1) is 6.54 Å². The van der Waals surface area contributed by atoms with Crippen molar-refractivity contribution in [2.24, 2.45) is 5.11 Å². The standard InChI is InChI=1S/C8H9N3S/c9-11-10-5-7-3-4-8(12-7)6-1-2-6/h3-4,6H,1-2,5H2. The van der Waals surface area contributed by atoms with E-state index in [0.29, 0.717) is 6.54 Å². The summed E-state index contributed by atoms with van der Waals surface area (Å²) in [6.45, 7) is 0.508. The van der Waals surface area contributed by atoms with Crippen molar-refractivity contribution < 1.29 is 0 Å². The molecule has 0 aromatic carbocycles. The molecular weight excluding hydrogens is 170 g/mol. The molecule has 1 saturated carbocycles. The lowest BCUT2D eigenvalue weighted by Crippen LogP contribution is -1.67. The van der Waals surface area contributed by atoms with Crippen molar-refractivity contribution in [2.45, 2.75) is 25.3 Å². The maximum absolute atomic E-state index is 8.12. The summed E-state index contributed by atoms with van der Waals surface area (Å²) in [4.78, 5) is 5.36. The van der Waals surface area contributed by atoms with Crippen molar-refractivity contribution in [3.63, 3.8) is 0 Å². The van der Waals surface area contributed by atoms with Crippen LogP contribution in [0.4, 0.5) is 0 Å². The summed E-state index contributed by atoms with van der Waals surface area (Å²) >= 11 is 1.78. The molecule has 2 rings (SSSR count). The van der Waals surface area contributed by atoms with Gasteiger partial charge < -0.3 is 0 Å². The fourth-order valence-corrected chi connectivity index (χ4v) is 2.27. The number of hydrogen-bond donors (Lipinski definition) is 0. The zero-order valence-electron chi connectivity index (χ0n) is 6.60. The topological polar surface area (TPSA) is 48.8 Å². The SMILES string of the molecule is [N-]=[N+]=NCc1ccc(C2CC2)s1. The Labute approximate surface area is 74.7 Å². The lowest BCUT2D eigenvalue weighted by Gasteiger charge is -1.86. The van der Waals surface area contributed by atoms with Crippen LogP contribution in [0.25, 0.3) is 10.4 Å². The Morgan fingerprint density at radius 1 is 1.58 bits per heavy atom. The molecule has 62 valence electrons. The second kappa shape index (κ2) is 3.17. The number of hydrogen-bond acceptors (Lipinski definition) is 2. The molecule has 12 heavy (non-hydrogen) atoms. The minimum atomic E-state index is 0.508. The second-order valence-corrected chi connectivity index (χ2v) is 4.17. The number of nitrogens with zero attached hydrogens (tertiary/aromatic N) is 3. The Hall–Kier alpha value is -0.990. The first-order valence-corrected chi connectivity index (χ1v) is 4.81. The van der Waals surface area contributed by atoms with E-state index in [-0.39, 0.29) is 0 Å². The normalized spacial score (nSPS) is 15.7. The van der Waals surface area contributed by atoms with Crippen molar-refractivity contribution in [1.29, 1.82) is 0 Å². The average Bonchev–Trinajstić information content (AvgIpc) is 2.83. The van der Waals surface area contributed by atoms with Gasteiger partial charge in [0.2, 0.25) is 0 Å². The third-order valence-electron chi connectivity index (χ3n) is 1.95. The summed E-state index contributed by atoms with van der Waals surface area (Å²) in [5.74, 6) is 0.815. The predicted octanol–water partition coefficient (Wildman–Crippen LogP) is 3.44. The molecule has 1 aliphatic carbocycles. The van der Waals surface area contributed by atoms with Crippen LogP contribution in [0.1, 0.15) is 28.5 Å². The van der Waals surface area contributed by atoms with Crippen LogP contribution < -0.4 is 0 Å². The van der Waals surface area contributed by atoms with Crippen molar-refractivity contribution in [3.05, 3.63) is 32.3 Å². The monoisotopic (exact) mass is 179 g/mol. The summed E-state index contributed by atoms with van der Waals surface area (Å²) in [7, 11) is 0. The molecule has 1 aromatic rings. The van der Waals surface area contributed by atoms with E-state index < -0.39 is 0 Å². The van der Waals surface area contributed by atoms with Gasteiger partial charge in [-0.2, -0.15) is 0 Å². The molecule has 0 amide bonds. The lowest BCUT2D eigenvalue weighted by atomic mass is 10.3. The van der Waals surface area contributed by atoms with Gasteiger partial charge in [0, 0.05) is 14.7 Å². The van der Waals surface area contributed by atoms with Crippen LogP contribution in [0.5, 0.6) is 0 Å². The Balaban J connectivity index is 2.07. The molecule has 0 N–H and O–H groups in total. The largest absolute Gasteiger partial charge is 0.145 e. The highest BCUT2D eigenvalue weighted by Crippen LogP contribution is 2.43. The average molecular weight is 179 g/mol. The maximum atomic E-state index is 8.12. The number of rotatable bonds is 3. The van der Waals surface area contributed by atoms with E-state index in [1.807, 2.05) is 0 Å². The van der Waals surface area contributed by atoms with E-state index in [2.05, 4.69) is 22.2 Å². The quantitative estimate of drug-likeness (QED) is 0.388. The van der Waals surface area contributed by atoms with Gasteiger partial charge >= 0.3 is 0 Å². The first-order valence-electron chi connectivity index (χ1n) is 3.99. The second-order valence-electron chi connectivity index (χ2n) is 2.97. The minimum Gasteiger partial charge on any atom is -0.145 e. The van der Waals surface area contributed by atoms with Gasteiger partial charge in [0.1, 0.15) is 0 Å². The summed E-state index contributed by atoms with van der Waals surface area (Å²) in [6.07, 6.45) is 2.67. The first-order chi connectivity index (χ1) is 5.90. The van der Waals surface area contributed by atoms with Gasteiger partial charge in [-0.05, 0) is 36.4 Å². The highest BCUT2D eigenvalue weighted by molar-refractivity contribution is 7.12. The summed E-state index contributed by atoms with van der Waals surface area (Å²) in [6, 6.07) is 4.22. The first kappa shape index (κ1) is 7.65. The zero-order chi connectivity index (χ0) is 8.39. The fourth-order valence-electron chi connectivity index (χ4n) is 1.17. The number of thiophene rings is 1. The van der Waals surface area contributed by atoms with E-state index in [9.17, 15) is 0 Å². The molecular formula is C8H9N3S. The molecule has 0 saturated heterocycles. The third kappa shape index (κ3) is 1.60. The Morgan fingerprint density at radius 3 is 3.08 bits per heavy atom. The Kier molecular flexibility index (Phi) is 2.02. The molecule has 4 heteroatoms. The minimum absolute atomic E-state index is 0.508. The molecule has 0 unspecified atom stereocenters. The molecule has 3 nitrogen and oxygen atoms in total. The van der Waals surface area contributed by atoms with Crippen molar-refractivity contribution in [1.82, 2.24) is 0 Å². The predicted molar refractivity (Wildman–Crippen MR) is 49.1 cm³/mol. The number of azide groups is 1. The molecule has 1 aromatic heterocycles. The van der Waals surface area contributed by atoms with Crippen molar-refractivity contribution in [2.75, 3.05) is 0 Å². The van der Waals surface area contributed by atoms with E-state index in [4.69, 9.17) is 5.53 Å². The van der Waals surface area contributed by atoms with Crippen LogP contribution >= 0.6 is 11.3 Å². The van der Waals surface area contributed by atoms with Gasteiger partial charge in [0.25, 0.3) is 0 Å². The van der Waals surface area contributed by atoms with Crippen molar-refractivity contribution in [3.8, 4) is 0 Å². The third-order valence-corrected chi connectivity index (χ3v) is 3.18. The van der Waals surface area contributed by atoms with E-state index >= 15 is 0 Å². The van der Waals surface area contributed by atoms with E-state index in [1.54, 1.807) is 11.3 Å². The van der Waals surface area contributed by atoms with Gasteiger partial charge in [-0.25, -0.2) is 0 Å². The fraction of sp³-hybridized carbons (Fsp3) is 0.500. The summed E-state index contributed by atoms with van der Waals surface area (Å²) < 4.78 is 0. The molecule has 1 aliphatic rings. The Bertz CT molecular complexity index is 321. The van der Waals surface area contributed by atoms with Crippen LogP contribution in [-0.4, -0.2) is 0 Å². The Morgan fingerprint density at radius 2 is 2.42 bits per heavy atom. The van der Waals surface area contributed by atoms with Gasteiger partial charge in [0.15, 0.2) is 0 Å². The van der Waals surface area contributed by atoms with Crippen LogP contribution in [-0.2, 0) is 6.54 Å². The van der Waals surface area contributed by atoms with Crippen LogP contribution in [0.15, 0.2) is 17.2 Å². The molecule has 0 aliphatic heterocycles. The highest BCUT2D eigenvalue weighted by atomic mass is 32.1. The molecule has 0 bridgehead atoms. The van der Waals surface area contributed by atoms with Crippen LogP contribution in [0.2, 0.25) is 0 Å². The van der Waals surface area contributed by atoms with E-state index in [1.165, 1.54) is 22.6 Å². The van der Waals surface area contributed by atoms with Crippen molar-refractivity contribution >= 4 is 11.3 Å². The molecule has 1 heterocycles. The summed E-state index contributed by atoms with van der Waals surface area (Å²) in [5, 5.41) is 3.53. The smallest absolute Gasteiger partial charge is 0.0605 e. The molecule has 1 fully saturated rings. The van der Waals surface area contributed by atoms with Crippen LogP contribution in [0.3, 0.4) is 0 Å². The van der Waals surface area contributed by atoms with Gasteiger partial charge in [-0.3, -0.25) is 0 Å². The zero-order valence-corrected chi connectivity index (χ0v) is 7.42. The van der Waals surface area contributed by atoms with Gasteiger partial charge in [-0.1, -0.05) is 5.11 Å². The molecule has 0 spiro atoms. The van der Waals surface area contributed by atoms with E-state index in [0.717, 1.165) is 5.92 Å². The molecule has 0 radical (unpaired) electrons.